The number of amides is 1. The van der Waals surface area contributed by atoms with Gasteiger partial charge < -0.3 is 10.2 Å². The standard InChI is InChI=1S/C13H18N4O3.ClH/c1-15(11-2-4-12(5-3-11)17(19)20)13(18)10-16-8-6-14-7-9-16;/h2-5,14H,6-10H2,1H3;1H. The number of benzene rings is 1. The molecular weight excluding hydrogens is 296 g/mol. The Labute approximate surface area is 129 Å². The summed E-state index contributed by atoms with van der Waals surface area (Å²) in [6.07, 6.45) is 0. The summed E-state index contributed by atoms with van der Waals surface area (Å²) >= 11 is 0. The van der Waals surface area contributed by atoms with Crippen molar-refractivity contribution in [1.29, 1.82) is 0 Å². The largest absolute Gasteiger partial charge is 0.314 e. The molecule has 1 N–H and O–H groups in total. The minimum atomic E-state index is -0.452. The molecule has 0 aromatic heterocycles. The van der Waals surface area contributed by atoms with E-state index in [9.17, 15) is 14.9 Å². The summed E-state index contributed by atoms with van der Waals surface area (Å²) in [7, 11) is 1.69. The highest BCUT2D eigenvalue weighted by atomic mass is 35.5. The number of nitrogens with zero attached hydrogens (tertiary/aromatic N) is 3. The van der Waals surface area contributed by atoms with E-state index in [1.54, 1.807) is 19.2 Å². The minimum absolute atomic E-state index is 0. The van der Waals surface area contributed by atoms with Crippen molar-refractivity contribution in [1.82, 2.24) is 10.2 Å². The van der Waals surface area contributed by atoms with Gasteiger partial charge in [0.2, 0.25) is 5.91 Å². The van der Waals surface area contributed by atoms with Crippen molar-refractivity contribution in [2.75, 3.05) is 44.7 Å². The van der Waals surface area contributed by atoms with Gasteiger partial charge in [-0.15, -0.1) is 12.4 Å². The van der Waals surface area contributed by atoms with Crippen LogP contribution in [0.2, 0.25) is 0 Å². The highest BCUT2D eigenvalue weighted by Crippen LogP contribution is 2.18. The molecule has 0 unspecified atom stereocenters. The monoisotopic (exact) mass is 314 g/mol. The first-order valence-electron chi connectivity index (χ1n) is 6.52. The predicted octanol–water partition coefficient (Wildman–Crippen LogP) is 0.885. The van der Waals surface area contributed by atoms with Gasteiger partial charge >= 0.3 is 0 Å². The van der Waals surface area contributed by atoms with Crippen molar-refractivity contribution in [2.45, 2.75) is 0 Å². The Morgan fingerprint density at radius 1 is 1.33 bits per heavy atom. The van der Waals surface area contributed by atoms with Crippen LogP contribution in [-0.4, -0.2) is 55.5 Å². The number of nitro groups is 1. The van der Waals surface area contributed by atoms with Gasteiger partial charge in [0.05, 0.1) is 11.5 Å². The number of carbonyl (C=O) groups excluding carboxylic acids is 1. The molecule has 1 heterocycles. The third-order valence-electron chi connectivity index (χ3n) is 3.39. The molecule has 7 nitrogen and oxygen atoms in total. The Balaban J connectivity index is 0.00000220. The molecule has 0 aliphatic carbocycles. The highest BCUT2D eigenvalue weighted by molar-refractivity contribution is 5.94. The molecule has 1 aliphatic heterocycles. The van der Waals surface area contributed by atoms with Crippen LogP contribution in [0, 0.1) is 10.1 Å². The van der Waals surface area contributed by atoms with Crippen LogP contribution in [0.5, 0.6) is 0 Å². The maximum absolute atomic E-state index is 12.2. The lowest BCUT2D eigenvalue weighted by Gasteiger charge is -2.28. The number of halogens is 1. The zero-order valence-electron chi connectivity index (χ0n) is 11.8. The van der Waals surface area contributed by atoms with Crippen molar-refractivity contribution >= 4 is 29.7 Å². The molecule has 1 aliphatic rings. The second-order valence-electron chi connectivity index (χ2n) is 4.75. The summed E-state index contributed by atoms with van der Waals surface area (Å²) in [5.41, 5.74) is 0.687. The molecule has 116 valence electrons. The Hall–Kier alpha value is -1.70. The van der Waals surface area contributed by atoms with Crippen LogP contribution in [0.3, 0.4) is 0 Å². The van der Waals surface area contributed by atoms with Gasteiger partial charge in [-0.2, -0.15) is 0 Å². The summed E-state index contributed by atoms with van der Waals surface area (Å²) in [5, 5.41) is 13.8. The maximum atomic E-state index is 12.2. The van der Waals surface area contributed by atoms with Crippen LogP contribution in [0.15, 0.2) is 24.3 Å². The fraction of sp³-hybridized carbons (Fsp3) is 0.462. The first-order valence-corrected chi connectivity index (χ1v) is 6.52. The van der Waals surface area contributed by atoms with E-state index in [0.29, 0.717) is 12.2 Å². The Bertz CT molecular complexity index is 489. The minimum Gasteiger partial charge on any atom is -0.314 e. The molecule has 0 radical (unpaired) electrons. The van der Waals surface area contributed by atoms with Crippen molar-refractivity contribution in [3.8, 4) is 0 Å². The second-order valence-corrected chi connectivity index (χ2v) is 4.75. The molecule has 1 aromatic carbocycles. The number of hydrogen-bond donors (Lipinski definition) is 1. The van der Waals surface area contributed by atoms with Crippen molar-refractivity contribution in [3.63, 3.8) is 0 Å². The maximum Gasteiger partial charge on any atom is 0.269 e. The van der Waals surface area contributed by atoms with Gasteiger partial charge in [-0.1, -0.05) is 0 Å². The fourth-order valence-corrected chi connectivity index (χ4v) is 2.11. The summed E-state index contributed by atoms with van der Waals surface area (Å²) in [5.74, 6) is -0.0132. The topological polar surface area (TPSA) is 78.7 Å². The van der Waals surface area contributed by atoms with E-state index in [2.05, 4.69) is 10.2 Å². The summed E-state index contributed by atoms with van der Waals surface area (Å²) in [4.78, 5) is 25.9. The first-order chi connectivity index (χ1) is 9.58. The van der Waals surface area contributed by atoms with Gasteiger partial charge in [0.25, 0.3) is 5.69 Å². The third kappa shape index (κ3) is 4.66. The van der Waals surface area contributed by atoms with Gasteiger partial charge in [0.1, 0.15) is 0 Å². The summed E-state index contributed by atoms with van der Waals surface area (Å²) in [6, 6.07) is 6.00. The van der Waals surface area contributed by atoms with Crippen molar-refractivity contribution in [2.24, 2.45) is 0 Å². The predicted molar refractivity (Wildman–Crippen MR) is 83.1 cm³/mol. The highest BCUT2D eigenvalue weighted by Gasteiger charge is 2.17. The van der Waals surface area contributed by atoms with Crippen LogP contribution >= 0.6 is 12.4 Å². The lowest BCUT2D eigenvalue weighted by molar-refractivity contribution is -0.384. The van der Waals surface area contributed by atoms with Gasteiger partial charge in [-0.05, 0) is 12.1 Å². The molecular formula is C13H19ClN4O3. The zero-order valence-corrected chi connectivity index (χ0v) is 12.6. The summed E-state index contributed by atoms with van der Waals surface area (Å²) in [6.45, 7) is 3.89. The Morgan fingerprint density at radius 2 is 1.90 bits per heavy atom. The van der Waals surface area contributed by atoms with Gasteiger partial charge in [0, 0.05) is 51.0 Å². The van der Waals surface area contributed by atoms with Crippen molar-refractivity contribution < 1.29 is 9.72 Å². The fourth-order valence-electron chi connectivity index (χ4n) is 2.11. The molecule has 8 heteroatoms. The molecule has 1 fully saturated rings. The summed E-state index contributed by atoms with van der Waals surface area (Å²) < 4.78 is 0. The van der Waals surface area contributed by atoms with Crippen LogP contribution in [-0.2, 0) is 4.79 Å². The van der Waals surface area contributed by atoms with E-state index in [-0.39, 0.29) is 24.0 Å². The quantitative estimate of drug-likeness (QED) is 0.659. The van der Waals surface area contributed by atoms with E-state index in [4.69, 9.17) is 0 Å². The van der Waals surface area contributed by atoms with Crippen LogP contribution in [0.25, 0.3) is 0 Å². The first kappa shape index (κ1) is 17.4. The van der Waals surface area contributed by atoms with E-state index in [1.807, 2.05) is 0 Å². The average molecular weight is 315 g/mol. The number of nitrogens with one attached hydrogen (secondary N) is 1. The third-order valence-corrected chi connectivity index (χ3v) is 3.39. The molecule has 21 heavy (non-hydrogen) atoms. The average Bonchev–Trinajstić information content (AvgIpc) is 2.47. The number of rotatable bonds is 4. The number of nitro benzene ring substituents is 1. The molecule has 2 rings (SSSR count). The number of hydrogen-bond acceptors (Lipinski definition) is 5. The van der Waals surface area contributed by atoms with E-state index >= 15 is 0 Å². The van der Waals surface area contributed by atoms with Crippen molar-refractivity contribution in [3.05, 3.63) is 34.4 Å². The number of piperazine rings is 1. The van der Waals surface area contributed by atoms with Crippen LogP contribution in [0.1, 0.15) is 0 Å². The number of likely N-dealkylation sites (N-methyl/N-ethyl adjacent to an activating group) is 1. The molecule has 1 amide bonds. The van der Waals surface area contributed by atoms with Gasteiger partial charge in [0.15, 0.2) is 0 Å². The molecule has 0 bridgehead atoms. The van der Waals surface area contributed by atoms with E-state index < -0.39 is 4.92 Å². The van der Waals surface area contributed by atoms with Gasteiger partial charge in [-0.3, -0.25) is 19.8 Å². The molecule has 1 saturated heterocycles. The van der Waals surface area contributed by atoms with Crippen LogP contribution in [0.4, 0.5) is 11.4 Å². The lowest BCUT2D eigenvalue weighted by atomic mass is 10.2. The number of carbonyl (C=O) groups is 1. The van der Waals surface area contributed by atoms with Crippen LogP contribution < -0.4 is 10.2 Å². The smallest absolute Gasteiger partial charge is 0.269 e. The van der Waals surface area contributed by atoms with E-state index in [0.717, 1.165) is 26.2 Å². The molecule has 1 aromatic rings. The molecule has 0 atom stereocenters. The number of non-ortho nitro benzene ring substituents is 1. The Kier molecular flexibility index (Phi) is 6.54. The van der Waals surface area contributed by atoms with Gasteiger partial charge in [-0.25, -0.2) is 0 Å². The SMILES string of the molecule is CN(C(=O)CN1CCNCC1)c1ccc([N+](=O)[O-])cc1.Cl. The molecule has 0 saturated carbocycles. The normalized spacial score (nSPS) is 15.1. The molecule has 0 spiro atoms. The van der Waals surface area contributed by atoms with E-state index in [1.165, 1.54) is 17.0 Å². The number of anilines is 1. The Morgan fingerprint density at radius 3 is 2.43 bits per heavy atom. The zero-order chi connectivity index (χ0) is 14.5. The lowest BCUT2D eigenvalue weighted by Crippen LogP contribution is -2.47. The second kappa shape index (κ2) is 7.92.